The van der Waals surface area contributed by atoms with Crippen molar-refractivity contribution >= 4 is 34.9 Å². The van der Waals surface area contributed by atoms with E-state index in [1.54, 1.807) is 17.0 Å². The molecule has 1 saturated heterocycles. The van der Waals surface area contributed by atoms with E-state index in [-0.39, 0.29) is 17.7 Å². The van der Waals surface area contributed by atoms with Crippen LogP contribution in [0.25, 0.3) is 0 Å². The number of alkyl halides is 3. The zero-order valence-electron chi connectivity index (χ0n) is 17.6. The molecule has 0 bridgehead atoms. The van der Waals surface area contributed by atoms with Crippen LogP contribution in [-0.2, 0) is 10.4 Å². The van der Waals surface area contributed by atoms with Crippen molar-refractivity contribution in [1.29, 1.82) is 0 Å². The molecule has 3 aliphatic rings. The van der Waals surface area contributed by atoms with E-state index in [4.69, 9.17) is 33.8 Å². The summed E-state index contributed by atoms with van der Waals surface area (Å²) >= 11 is 11.5. The second-order valence-electron chi connectivity index (χ2n) is 8.93. The molecule has 0 aromatic heterocycles. The quantitative estimate of drug-likeness (QED) is 0.402. The lowest BCUT2D eigenvalue weighted by Crippen LogP contribution is -2.59. The molecule has 3 unspecified atom stereocenters. The SMILES string of the molecule is NC(=O)N1CC(c2ccc(C3=NOC(c4cc(Cl)c(F)c(Cl)c4)(C(F)(F)F)C3)cc2)C1C1CC1. The van der Waals surface area contributed by atoms with Crippen molar-refractivity contribution in [2.45, 2.75) is 43.0 Å². The largest absolute Gasteiger partial charge is 0.435 e. The Bertz CT molecular complexity index is 1160. The number of carbonyl (C=O) groups is 1. The second kappa shape index (κ2) is 8.02. The molecule has 5 rings (SSSR count). The van der Waals surface area contributed by atoms with Gasteiger partial charge >= 0.3 is 12.2 Å². The van der Waals surface area contributed by atoms with E-state index in [1.807, 2.05) is 12.1 Å². The fourth-order valence-corrected chi connectivity index (χ4v) is 5.34. The molecule has 11 heteroatoms. The van der Waals surface area contributed by atoms with Gasteiger partial charge in [-0.25, -0.2) is 9.18 Å². The number of primary amides is 1. The topological polar surface area (TPSA) is 67.9 Å². The molecule has 1 saturated carbocycles. The molecule has 2 N–H and O–H groups in total. The van der Waals surface area contributed by atoms with Gasteiger partial charge < -0.3 is 15.5 Å². The van der Waals surface area contributed by atoms with Gasteiger partial charge in [0, 0.05) is 30.5 Å². The molecule has 2 heterocycles. The molecule has 3 atom stereocenters. The van der Waals surface area contributed by atoms with Gasteiger partial charge in [0.25, 0.3) is 5.60 Å². The second-order valence-corrected chi connectivity index (χ2v) is 9.75. The van der Waals surface area contributed by atoms with Crippen LogP contribution in [0.4, 0.5) is 22.4 Å². The normalized spacial score (nSPS) is 26.6. The number of benzene rings is 2. The highest BCUT2D eigenvalue weighted by molar-refractivity contribution is 6.35. The maximum atomic E-state index is 14.2. The summed E-state index contributed by atoms with van der Waals surface area (Å²) < 4.78 is 56.4. The van der Waals surface area contributed by atoms with Gasteiger partial charge in [-0.2, -0.15) is 13.2 Å². The third kappa shape index (κ3) is 3.69. The number of nitrogens with zero attached hydrogens (tertiary/aromatic N) is 2. The van der Waals surface area contributed by atoms with Crippen molar-refractivity contribution in [3.05, 3.63) is 69.0 Å². The van der Waals surface area contributed by atoms with Gasteiger partial charge in [-0.15, -0.1) is 0 Å². The number of carbonyl (C=O) groups excluding carboxylic acids is 1. The van der Waals surface area contributed by atoms with Gasteiger partial charge in [0.05, 0.1) is 15.8 Å². The molecule has 0 spiro atoms. The van der Waals surface area contributed by atoms with Crippen LogP contribution in [0.5, 0.6) is 0 Å². The highest BCUT2D eigenvalue weighted by atomic mass is 35.5. The first kappa shape index (κ1) is 23.2. The molecule has 2 aliphatic heterocycles. The molecule has 180 valence electrons. The summed E-state index contributed by atoms with van der Waals surface area (Å²) in [6, 6.07) is 8.36. The summed E-state index contributed by atoms with van der Waals surface area (Å²) in [5.41, 5.74) is 3.73. The van der Waals surface area contributed by atoms with E-state index in [9.17, 15) is 22.4 Å². The molecule has 2 aromatic rings. The number of amides is 2. The van der Waals surface area contributed by atoms with Crippen LogP contribution in [0.2, 0.25) is 10.0 Å². The van der Waals surface area contributed by atoms with E-state index >= 15 is 0 Å². The van der Waals surface area contributed by atoms with Crippen LogP contribution in [0.3, 0.4) is 0 Å². The molecule has 2 aromatic carbocycles. The number of likely N-dealkylation sites (tertiary alicyclic amines) is 1. The zero-order chi connectivity index (χ0) is 24.4. The number of urea groups is 1. The maximum Gasteiger partial charge on any atom is 0.435 e. The number of rotatable bonds is 4. The van der Waals surface area contributed by atoms with Crippen molar-refractivity contribution in [1.82, 2.24) is 4.90 Å². The van der Waals surface area contributed by atoms with Crippen molar-refractivity contribution in [3.8, 4) is 0 Å². The minimum atomic E-state index is -4.87. The fourth-order valence-electron chi connectivity index (χ4n) is 4.85. The molecular weight excluding hydrogens is 497 g/mol. The maximum absolute atomic E-state index is 14.2. The van der Waals surface area contributed by atoms with Crippen LogP contribution in [0, 0.1) is 11.7 Å². The Labute approximate surface area is 202 Å². The number of hydrogen-bond donors (Lipinski definition) is 1. The fraction of sp³-hybridized carbons (Fsp3) is 0.391. The Kier molecular flexibility index (Phi) is 5.48. The molecule has 2 amide bonds. The lowest BCUT2D eigenvalue weighted by molar-refractivity contribution is -0.275. The van der Waals surface area contributed by atoms with Gasteiger partial charge in [0.1, 0.15) is 0 Å². The Hall–Kier alpha value is -2.52. The highest BCUT2D eigenvalue weighted by Gasteiger charge is 2.62. The summed E-state index contributed by atoms with van der Waals surface area (Å²) in [5, 5.41) is 2.65. The molecule has 0 radical (unpaired) electrons. The smallest absolute Gasteiger partial charge is 0.374 e. The van der Waals surface area contributed by atoms with Crippen LogP contribution < -0.4 is 5.73 Å². The number of hydrogen-bond acceptors (Lipinski definition) is 3. The monoisotopic (exact) mass is 515 g/mol. The van der Waals surface area contributed by atoms with E-state index in [0.717, 1.165) is 30.5 Å². The van der Waals surface area contributed by atoms with Gasteiger partial charge in [0.15, 0.2) is 5.82 Å². The standard InChI is InChI=1S/C23H19Cl2F4N3O2/c24-16-7-14(8-17(25)19(16)26)22(23(27,28)29)9-18(31-34-22)12-3-1-11(2-4-12)15-10-32(21(30)33)20(15)13-5-6-13/h1-4,7-8,13,15,20H,5-6,9-10H2,(H2,30,33). The Morgan fingerprint density at radius 2 is 1.76 bits per heavy atom. The van der Waals surface area contributed by atoms with Gasteiger partial charge in [-0.1, -0.05) is 52.6 Å². The van der Waals surface area contributed by atoms with Crippen LogP contribution >= 0.6 is 23.2 Å². The number of oxime groups is 1. The first-order chi connectivity index (χ1) is 16.0. The summed E-state index contributed by atoms with van der Waals surface area (Å²) in [5.74, 6) is -0.441. The predicted octanol–water partition coefficient (Wildman–Crippen LogP) is 5.97. The minimum Gasteiger partial charge on any atom is -0.374 e. The van der Waals surface area contributed by atoms with Crippen LogP contribution in [0.15, 0.2) is 41.6 Å². The van der Waals surface area contributed by atoms with Crippen molar-refractivity contribution in [3.63, 3.8) is 0 Å². The first-order valence-electron chi connectivity index (χ1n) is 10.6. The van der Waals surface area contributed by atoms with Gasteiger partial charge in [-0.3, -0.25) is 0 Å². The van der Waals surface area contributed by atoms with Crippen molar-refractivity contribution < 1.29 is 27.2 Å². The minimum absolute atomic E-state index is 0.0568. The molecular formula is C23H19Cl2F4N3O2. The lowest BCUT2D eigenvalue weighted by Gasteiger charge is -2.48. The van der Waals surface area contributed by atoms with Gasteiger partial charge in [-0.05, 0) is 42.0 Å². The molecule has 1 aliphatic carbocycles. The highest BCUT2D eigenvalue weighted by Crippen LogP contribution is 2.51. The summed E-state index contributed by atoms with van der Waals surface area (Å²) in [6.45, 7) is 0.517. The number of halogens is 6. The lowest BCUT2D eigenvalue weighted by atomic mass is 9.79. The van der Waals surface area contributed by atoms with Crippen LogP contribution in [0.1, 0.15) is 41.9 Å². The first-order valence-corrected chi connectivity index (χ1v) is 11.4. The van der Waals surface area contributed by atoms with Crippen molar-refractivity contribution in [2.75, 3.05) is 6.54 Å². The van der Waals surface area contributed by atoms with E-state index in [2.05, 4.69) is 5.16 Å². The van der Waals surface area contributed by atoms with E-state index in [0.29, 0.717) is 18.0 Å². The Morgan fingerprint density at radius 3 is 2.29 bits per heavy atom. The Morgan fingerprint density at radius 1 is 1.15 bits per heavy atom. The molecule has 34 heavy (non-hydrogen) atoms. The molecule has 5 nitrogen and oxygen atoms in total. The third-order valence-corrected chi connectivity index (χ3v) is 7.41. The third-order valence-electron chi connectivity index (χ3n) is 6.86. The average molecular weight is 516 g/mol. The van der Waals surface area contributed by atoms with E-state index in [1.165, 1.54) is 0 Å². The summed E-state index contributed by atoms with van der Waals surface area (Å²) in [6.07, 6.45) is -3.40. The zero-order valence-corrected chi connectivity index (χ0v) is 19.1. The van der Waals surface area contributed by atoms with E-state index < -0.39 is 45.7 Å². The predicted molar refractivity (Wildman–Crippen MR) is 118 cm³/mol. The summed E-state index contributed by atoms with van der Waals surface area (Å²) in [7, 11) is 0. The van der Waals surface area contributed by atoms with Crippen LogP contribution in [-0.4, -0.2) is 35.4 Å². The average Bonchev–Trinajstić information content (AvgIpc) is 3.44. The van der Waals surface area contributed by atoms with Crippen molar-refractivity contribution in [2.24, 2.45) is 16.8 Å². The number of nitrogens with two attached hydrogens (primary N) is 1. The Balaban J connectivity index is 1.39. The summed E-state index contributed by atoms with van der Waals surface area (Å²) in [4.78, 5) is 18.3. The van der Waals surface area contributed by atoms with Gasteiger partial charge in [0.2, 0.25) is 0 Å². The molecule has 2 fully saturated rings.